The molecule has 114 valence electrons. The van der Waals surface area contributed by atoms with Crippen molar-refractivity contribution in [1.82, 2.24) is 5.32 Å². The van der Waals surface area contributed by atoms with E-state index >= 15 is 0 Å². The smallest absolute Gasteiger partial charge is 0.249 e. The van der Waals surface area contributed by atoms with Gasteiger partial charge in [0.15, 0.2) is 0 Å². The first kappa shape index (κ1) is 16.0. The highest BCUT2D eigenvalue weighted by atomic mass is 79.9. The zero-order valence-electron chi connectivity index (χ0n) is 12.9. The third-order valence-corrected chi connectivity index (χ3v) is 4.26. The first-order valence-corrected chi connectivity index (χ1v) is 7.98. The molecule has 0 saturated carbocycles. The topological polar surface area (TPSA) is 49.4 Å². The molecule has 4 nitrogen and oxygen atoms in total. The van der Waals surface area contributed by atoms with E-state index in [4.69, 9.17) is 0 Å². The highest BCUT2D eigenvalue weighted by molar-refractivity contribution is 9.10. The molecule has 1 aliphatic heterocycles. The summed E-state index contributed by atoms with van der Waals surface area (Å²) in [6.45, 7) is 8.31. The Morgan fingerprint density at radius 1 is 1.24 bits per heavy atom. The third kappa shape index (κ3) is 3.28. The summed E-state index contributed by atoms with van der Waals surface area (Å²) >= 11 is 3.48. The number of anilines is 1. The van der Waals surface area contributed by atoms with E-state index < -0.39 is 6.04 Å². The van der Waals surface area contributed by atoms with Crippen molar-refractivity contribution < 1.29 is 9.59 Å². The second-order valence-corrected chi connectivity index (χ2v) is 6.83. The molecule has 1 unspecified atom stereocenters. The van der Waals surface area contributed by atoms with Gasteiger partial charge in [0.2, 0.25) is 11.8 Å². The molecule has 5 heteroatoms. The van der Waals surface area contributed by atoms with E-state index in [1.807, 2.05) is 39.8 Å². The molecule has 1 heterocycles. The maximum absolute atomic E-state index is 12.8. The minimum atomic E-state index is -0.456. The molecule has 0 aliphatic carbocycles. The van der Waals surface area contributed by atoms with Crippen LogP contribution < -0.4 is 10.2 Å². The fraction of sp³-hybridized carbons (Fsp3) is 0.500. The quantitative estimate of drug-likeness (QED) is 0.889. The number of carbonyl (C=O) groups is 2. The summed E-state index contributed by atoms with van der Waals surface area (Å²) in [5.41, 5.74) is 2.99. The fourth-order valence-corrected chi connectivity index (χ4v) is 3.49. The largest absolute Gasteiger partial charge is 0.344 e. The highest BCUT2D eigenvalue weighted by Gasteiger charge is 2.33. The van der Waals surface area contributed by atoms with Crippen molar-refractivity contribution in [3.05, 3.63) is 27.7 Å². The van der Waals surface area contributed by atoms with Gasteiger partial charge in [-0.3, -0.25) is 9.59 Å². The lowest BCUT2D eigenvalue weighted by molar-refractivity contribution is -0.126. The number of rotatable bonds is 2. The van der Waals surface area contributed by atoms with Crippen LogP contribution in [-0.4, -0.2) is 24.4 Å². The van der Waals surface area contributed by atoms with Crippen LogP contribution in [0.3, 0.4) is 0 Å². The Balaban J connectivity index is 2.47. The van der Waals surface area contributed by atoms with Gasteiger partial charge in [-0.25, -0.2) is 0 Å². The monoisotopic (exact) mass is 352 g/mol. The molecule has 1 saturated heterocycles. The molecule has 0 radical (unpaired) electrons. The highest BCUT2D eigenvalue weighted by Crippen LogP contribution is 2.30. The van der Waals surface area contributed by atoms with Gasteiger partial charge in [-0.2, -0.15) is 0 Å². The molecule has 1 fully saturated rings. The lowest BCUT2D eigenvalue weighted by atomic mass is 10.0. The van der Waals surface area contributed by atoms with Crippen molar-refractivity contribution in [2.45, 2.75) is 40.2 Å². The van der Waals surface area contributed by atoms with Crippen molar-refractivity contribution in [3.8, 4) is 0 Å². The number of nitrogens with one attached hydrogen (secondary N) is 1. The van der Waals surface area contributed by atoms with E-state index in [2.05, 4.69) is 21.2 Å². The minimum absolute atomic E-state index is 0.0237. The fourth-order valence-electron chi connectivity index (χ4n) is 2.80. The zero-order valence-corrected chi connectivity index (χ0v) is 14.5. The van der Waals surface area contributed by atoms with Gasteiger partial charge in [0.05, 0.1) is 0 Å². The molecule has 1 aromatic carbocycles. The van der Waals surface area contributed by atoms with Crippen LogP contribution in [0.5, 0.6) is 0 Å². The number of hydrogen-bond acceptors (Lipinski definition) is 2. The Hall–Kier alpha value is -1.36. The van der Waals surface area contributed by atoms with Gasteiger partial charge in [-0.15, -0.1) is 0 Å². The van der Waals surface area contributed by atoms with E-state index in [-0.39, 0.29) is 17.7 Å². The van der Waals surface area contributed by atoms with Crippen molar-refractivity contribution >= 4 is 33.4 Å². The first-order chi connectivity index (χ1) is 9.81. The van der Waals surface area contributed by atoms with Gasteiger partial charge < -0.3 is 10.2 Å². The van der Waals surface area contributed by atoms with Crippen LogP contribution in [0.4, 0.5) is 5.69 Å². The number of nitrogens with zero attached hydrogens (tertiary/aromatic N) is 1. The van der Waals surface area contributed by atoms with Crippen LogP contribution in [0.25, 0.3) is 0 Å². The van der Waals surface area contributed by atoms with E-state index in [0.29, 0.717) is 13.0 Å². The lowest BCUT2D eigenvalue weighted by Crippen LogP contribution is -2.48. The number of carbonyl (C=O) groups excluding carboxylic acids is 2. The number of aryl methyl sites for hydroxylation is 2. The van der Waals surface area contributed by atoms with Gasteiger partial charge in [-0.1, -0.05) is 29.8 Å². The van der Waals surface area contributed by atoms with Crippen molar-refractivity contribution in [2.75, 3.05) is 11.4 Å². The molecule has 1 N–H and O–H groups in total. The minimum Gasteiger partial charge on any atom is -0.344 e. The Labute approximate surface area is 134 Å². The Bertz CT molecular complexity index is 561. The third-order valence-electron chi connectivity index (χ3n) is 3.80. The number of amides is 2. The Morgan fingerprint density at radius 2 is 1.81 bits per heavy atom. The summed E-state index contributed by atoms with van der Waals surface area (Å²) in [6, 6.07) is 3.54. The summed E-state index contributed by atoms with van der Waals surface area (Å²) in [4.78, 5) is 26.4. The summed E-state index contributed by atoms with van der Waals surface area (Å²) in [5, 5.41) is 2.84. The molecular weight excluding hydrogens is 332 g/mol. The normalized spacial score (nSPS) is 19.7. The molecule has 21 heavy (non-hydrogen) atoms. The molecule has 0 spiro atoms. The molecule has 2 amide bonds. The van der Waals surface area contributed by atoms with Crippen LogP contribution in [0.1, 0.15) is 31.4 Å². The number of benzene rings is 1. The number of halogens is 1. The van der Waals surface area contributed by atoms with E-state index in [0.717, 1.165) is 21.3 Å². The van der Waals surface area contributed by atoms with Crippen molar-refractivity contribution in [1.29, 1.82) is 0 Å². The predicted octanol–water partition coefficient (Wildman–Crippen LogP) is 2.94. The summed E-state index contributed by atoms with van der Waals surface area (Å²) in [6.07, 6.45) is 0.337. The van der Waals surface area contributed by atoms with E-state index in [1.165, 1.54) is 0 Å². The first-order valence-electron chi connectivity index (χ1n) is 7.18. The maximum Gasteiger partial charge on any atom is 0.249 e. The van der Waals surface area contributed by atoms with Crippen LogP contribution in [0, 0.1) is 19.8 Å². The molecule has 2 rings (SSSR count). The van der Waals surface area contributed by atoms with E-state index in [1.54, 1.807) is 4.90 Å². The summed E-state index contributed by atoms with van der Waals surface area (Å²) in [7, 11) is 0. The van der Waals surface area contributed by atoms with Gasteiger partial charge >= 0.3 is 0 Å². The van der Waals surface area contributed by atoms with Gasteiger partial charge in [0.1, 0.15) is 6.04 Å². The SMILES string of the molecule is Cc1cc(Br)cc(C)c1N1CCC(=O)NC(C(C)C)C1=O. The molecule has 1 aromatic rings. The summed E-state index contributed by atoms with van der Waals surface area (Å²) < 4.78 is 0.998. The molecular formula is C16H21BrN2O2. The van der Waals surface area contributed by atoms with Crippen molar-refractivity contribution in [3.63, 3.8) is 0 Å². The lowest BCUT2D eigenvalue weighted by Gasteiger charge is -2.28. The van der Waals surface area contributed by atoms with Crippen LogP contribution in [0.15, 0.2) is 16.6 Å². The molecule has 0 bridgehead atoms. The predicted molar refractivity (Wildman–Crippen MR) is 87.4 cm³/mol. The average molecular weight is 353 g/mol. The molecule has 0 aromatic heterocycles. The van der Waals surface area contributed by atoms with Gasteiger partial charge in [-0.05, 0) is 43.0 Å². The second-order valence-electron chi connectivity index (χ2n) is 5.92. The van der Waals surface area contributed by atoms with Crippen LogP contribution >= 0.6 is 15.9 Å². The standard InChI is InChI=1S/C16H21BrN2O2/c1-9(2)14-16(21)19(6-5-13(20)18-14)15-10(3)7-12(17)8-11(15)4/h7-9,14H,5-6H2,1-4H3,(H,18,20). The average Bonchev–Trinajstić information content (AvgIpc) is 2.50. The summed E-state index contributed by atoms with van der Waals surface area (Å²) in [5.74, 6) is -0.0144. The van der Waals surface area contributed by atoms with Crippen molar-refractivity contribution in [2.24, 2.45) is 5.92 Å². The molecule has 1 atom stereocenters. The second kappa shape index (κ2) is 6.18. The van der Waals surface area contributed by atoms with E-state index in [9.17, 15) is 9.59 Å². The maximum atomic E-state index is 12.8. The Morgan fingerprint density at radius 3 is 2.33 bits per heavy atom. The van der Waals surface area contributed by atoms with Crippen LogP contribution in [-0.2, 0) is 9.59 Å². The van der Waals surface area contributed by atoms with Gasteiger partial charge in [0, 0.05) is 23.1 Å². The van der Waals surface area contributed by atoms with Crippen LogP contribution in [0.2, 0.25) is 0 Å². The number of hydrogen-bond donors (Lipinski definition) is 1. The zero-order chi connectivity index (χ0) is 15.7. The molecule has 1 aliphatic rings. The van der Waals surface area contributed by atoms with Gasteiger partial charge in [0.25, 0.3) is 0 Å². The Kier molecular flexibility index (Phi) is 4.71.